The standard InChI is InChI=1S/C12H18N2O2S/c1-7-3-4-13-8(2)11(7)14-12(16)10-5-9(15)6-17-10/h5-8,11,13,15H,3-4H2,1-2H3,(H,14,16). The monoisotopic (exact) mass is 254 g/mol. The van der Waals surface area contributed by atoms with Gasteiger partial charge >= 0.3 is 0 Å². The van der Waals surface area contributed by atoms with Crippen LogP contribution in [0.4, 0.5) is 0 Å². The molecular formula is C12H18N2O2S. The zero-order chi connectivity index (χ0) is 12.4. The first-order valence-electron chi connectivity index (χ1n) is 5.89. The van der Waals surface area contributed by atoms with Crippen LogP contribution < -0.4 is 10.6 Å². The summed E-state index contributed by atoms with van der Waals surface area (Å²) in [6.07, 6.45) is 1.07. The van der Waals surface area contributed by atoms with Crippen LogP contribution in [0.15, 0.2) is 11.4 Å². The summed E-state index contributed by atoms with van der Waals surface area (Å²) in [6.45, 7) is 5.26. The number of amides is 1. The summed E-state index contributed by atoms with van der Waals surface area (Å²) in [5.41, 5.74) is 0. The van der Waals surface area contributed by atoms with Crippen molar-refractivity contribution in [2.75, 3.05) is 6.54 Å². The molecule has 3 unspecified atom stereocenters. The average molecular weight is 254 g/mol. The van der Waals surface area contributed by atoms with E-state index in [1.807, 2.05) is 0 Å². The highest BCUT2D eigenvalue weighted by Crippen LogP contribution is 2.21. The van der Waals surface area contributed by atoms with E-state index < -0.39 is 0 Å². The molecule has 1 fully saturated rings. The molecule has 2 heterocycles. The Labute approximate surface area is 105 Å². The lowest BCUT2D eigenvalue weighted by molar-refractivity contribution is 0.0901. The molecule has 94 valence electrons. The van der Waals surface area contributed by atoms with Crippen LogP contribution in [0.2, 0.25) is 0 Å². The molecule has 2 rings (SSSR count). The number of hydrogen-bond donors (Lipinski definition) is 3. The van der Waals surface area contributed by atoms with Crippen LogP contribution in [0.5, 0.6) is 5.75 Å². The first-order valence-corrected chi connectivity index (χ1v) is 6.77. The Morgan fingerprint density at radius 2 is 2.35 bits per heavy atom. The summed E-state index contributed by atoms with van der Waals surface area (Å²) in [6, 6.07) is 1.95. The predicted molar refractivity (Wildman–Crippen MR) is 68.5 cm³/mol. The van der Waals surface area contributed by atoms with Crippen molar-refractivity contribution in [2.45, 2.75) is 32.4 Å². The molecule has 1 saturated heterocycles. The first-order chi connectivity index (χ1) is 8.08. The summed E-state index contributed by atoms with van der Waals surface area (Å²) < 4.78 is 0. The van der Waals surface area contributed by atoms with E-state index >= 15 is 0 Å². The third kappa shape index (κ3) is 2.79. The highest BCUT2D eigenvalue weighted by molar-refractivity contribution is 7.12. The van der Waals surface area contributed by atoms with Crippen LogP contribution in [0.1, 0.15) is 29.9 Å². The van der Waals surface area contributed by atoms with Gasteiger partial charge in [0.1, 0.15) is 5.75 Å². The van der Waals surface area contributed by atoms with Crippen molar-refractivity contribution in [1.29, 1.82) is 0 Å². The van der Waals surface area contributed by atoms with Gasteiger partial charge in [0.05, 0.1) is 4.88 Å². The van der Waals surface area contributed by atoms with E-state index in [9.17, 15) is 9.90 Å². The van der Waals surface area contributed by atoms with Gasteiger partial charge in [0, 0.05) is 23.5 Å². The maximum absolute atomic E-state index is 12.0. The molecule has 17 heavy (non-hydrogen) atoms. The fourth-order valence-corrected chi connectivity index (χ4v) is 2.94. The van der Waals surface area contributed by atoms with Gasteiger partial charge in [-0.1, -0.05) is 6.92 Å². The predicted octanol–water partition coefficient (Wildman–Crippen LogP) is 1.57. The highest BCUT2D eigenvalue weighted by Gasteiger charge is 2.29. The van der Waals surface area contributed by atoms with Gasteiger partial charge in [0.25, 0.3) is 5.91 Å². The molecular weight excluding hydrogens is 236 g/mol. The largest absolute Gasteiger partial charge is 0.507 e. The van der Waals surface area contributed by atoms with Gasteiger partial charge in [-0.05, 0) is 25.8 Å². The van der Waals surface area contributed by atoms with E-state index in [4.69, 9.17) is 0 Å². The number of piperidine rings is 1. The van der Waals surface area contributed by atoms with E-state index in [0.717, 1.165) is 13.0 Å². The van der Waals surface area contributed by atoms with Gasteiger partial charge in [0.2, 0.25) is 0 Å². The normalized spacial score (nSPS) is 28.9. The van der Waals surface area contributed by atoms with E-state index in [1.54, 1.807) is 5.38 Å². The van der Waals surface area contributed by atoms with E-state index in [1.165, 1.54) is 17.4 Å². The van der Waals surface area contributed by atoms with Crippen molar-refractivity contribution in [3.05, 3.63) is 16.3 Å². The fraction of sp³-hybridized carbons (Fsp3) is 0.583. The summed E-state index contributed by atoms with van der Waals surface area (Å²) in [4.78, 5) is 12.5. The molecule has 0 bridgehead atoms. The quantitative estimate of drug-likeness (QED) is 0.751. The van der Waals surface area contributed by atoms with E-state index in [-0.39, 0.29) is 23.7 Å². The van der Waals surface area contributed by atoms with Gasteiger partial charge in [0.15, 0.2) is 0 Å². The third-order valence-electron chi connectivity index (χ3n) is 3.32. The van der Waals surface area contributed by atoms with Gasteiger partial charge < -0.3 is 15.7 Å². The van der Waals surface area contributed by atoms with Crippen molar-refractivity contribution in [2.24, 2.45) is 5.92 Å². The minimum atomic E-state index is -0.0947. The second-order valence-corrected chi connectivity index (χ2v) is 5.59. The molecule has 1 amide bonds. The van der Waals surface area contributed by atoms with Crippen molar-refractivity contribution in [1.82, 2.24) is 10.6 Å². The van der Waals surface area contributed by atoms with Gasteiger partial charge in [-0.3, -0.25) is 4.79 Å². The molecule has 0 radical (unpaired) electrons. The van der Waals surface area contributed by atoms with Gasteiger partial charge in [-0.2, -0.15) is 0 Å². The van der Waals surface area contributed by atoms with E-state index in [0.29, 0.717) is 10.8 Å². The smallest absolute Gasteiger partial charge is 0.261 e. The molecule has 0 saturated carbocycles. The summed E-state index contributed by atoms with van der Waals surface area (Å²) in [7, 11) is 0. The zero-order valence-electron chi connectivity index (χ0n) is 10.1. The average Bonchev–Trinajstić information content (AvgIpc) is 2.70. The number of hydrogen-bond acceptors (Lipinski definition) is 4. The van der Waals surface area contributed by atoms with Crippen molar-refractivity contribution in [3.8, 4) is 5.75 Å². The van der Waals surface area contributed by atoms with Crippen LogP contribution in [-0.4, -0.2) is 29.6 Å². The number of carbonyl (C=O) groups is 1. The maximum Gasteiger partial charge on any atom is 0.261 e. The Kier molecular flexibility index (Phi) is 3.69. The Morgan fingerprint density at radius 3 is 2.94 bits per heavy atom. The van der Waals surface area contributed by atoms with Gasteiger partial charge in [-0.25, -0.2) is 0 Å². The lowest BCUT2D eigenvalue weighted by atomic mass is 9.89. The second-order valence-electron chi connectivity index (χ2n) is 4.68. The first kappa shape index (κ1) is 12.4. The van der Waals surface area contributed by atoms with Crippen LogP contribution in [0.3, 0.4) is 0 Å². The minimum absolute atomic E-state index is 0.0947. The van der Waals surface area contributed by atoms with Crippen LogP contribution in [0, 0.1) is 5.92 Å². The maximum atomic E-state index is 12.0. The second kappa shape index (κ2) is 5.06. The Hall–Kier alpha value is -1.07. The zero-order valence-corrected chi connectivity index (χ0v) is 10.9. The third-order valence-corrected chi connectivity index (χ3v) is 4.24. The number of rotatable bonds is 2. The highest BCUT2D eigenvalue weighted by atomic mass is 32.1. The molecule has 1 aliphatic rings. The molecule has 0 aromatic carbocycles. The van der Waals surface area contributed by atoms with Gasteiger partial charge in [-0.15, -0.1) is 11.3 Å². The molecule has 4 nitrogen and oxygen atoms in total. The van der Waals surface area contributed by atoms with Crippen molar-refractivity contribution >= 4 is 17.2 Å². The summed E-state index contributed by atoms with van der Waals surface area (Å²) in [5, 5.41) is 17.2. The molecule has 5 heteroatoms. The summed E-state index contributed by atoms with van der Waals surface area (Å²) >= 11 is 1.27. The molecule has 0 aliphatic carbocycles. The van der Waals surface area contributed by atoms with Crippen molar-refractivity contribution in [3.63, 3.8) is 0 Å². The van der Waals surface area contributed by atoms with Crippen molar-refractivity contribution < 1.29 is 9.90 Å². The lowest BCUT2D eigenvalue weighted by Gasteiger charge is -2.35. The molecule has 1 aromatic heterocycles. The van der Waals surface area contributed by atoms with Crippen LogP contribution >= 0.6 is 11.3 Å². The SMILES string of the molecule is CC1CCNC(C)C1NC(=O)c1cc(O)cs1. The number of aromatic hydroxyl groups is 1. The molecule has 1 aliphatic heterocycles. The molecule has 1 aromatic rings. The Balaban J connectivity index is 2.02. The topological polar surface area (TPSA) is 61.4 Å². The van der Waals surface area contributed by atoms with Crippen LogP contribution in [-0.2, 0) is 0 Å². The van der Waals surface area contributed by atoms with E-state index in [2.05, 4.69) is 24.5 Å². The summed E-state index contributed by atoms with van der Waals surface area (Å²) in [5.74, 6) is 0.537. The molecule has 3 N–H and O–H groups in total. The van der Waals surface area contributed by atoms with Crippen LogP contribution in [0.25, 0.3) is 0 Å². The lowest BCUT2D eigenvalue weighted by Crippen LogP contribution is -2.55. The fourth-order valence-electron chi connectivity index (χ4n) is 2.27. The Morgan fingerprint density at radius 1 is 1.59 bits per heavy atom. The number of carbonyl (C=O) groups excluding carboxylic acids is 1. The Bertz CT molecular complexity index is 395. The minimum Gasteiger partial charge on any atom is -0.507 e. The molecule has 3 atom stereocenters. The number of nitrogens with one attached hydrogen (secondary N) is 2. The number of thiophene rings is 1. The molecule has 0 spiro atoms.